The second kappa shape index (κ2) is 5.65. The second-order valence-corrected chi connectivity index (χ2v) is 4.59. The monoisotopic (exact) mass is 280 g/mol. The molecule has 0 aliphatic rings. The third-order valence-corrected chi connectivity index (χ3v) is 3.32. The Hall–Kier alpha value is -1.50. The summed E-state index contributed by atoms with van der Waals surface area (Å²) in [5.74, 6) is 0.439. The zero-order valence-electron chi connectivity index (χ0n) is 10.7. The van der Waals surface area contributed by atoms with Gasteiger partial charge in [-0.05, 0) is 18.6 Å². The molecule has 1 aromatic carbocycles. The summed E-state index contributed by atoms with van der Waals surface area (Å²) in [4.78, 5) is 0. The second-order valence-electron chi connectivity index (χ2n) is 4.19. The molecule has 1 aromatic heterocycles. The quantitative estimate of drug-likeness (QED) is 0.804. The molecule has 0 amide bonds. The summed E-state index contributed by atoms with van der Waals surface area (Å²) >= 11 is 5.94. The molecule has 0 aliphatic carbocycles. The summed E-state index contributed by atoms with van der Waals surface area (Å²) in [6, 6.07) is 5.23. The topological polar surface area (TPSA) is 67.5 Å². The predicted molar refractivity (Wildman–Crippen MR) is 73.9 cm³/mol. The highest BCUT2D eigenvalue weighted by Gasteiger charge is 2.17. The fourth-order valence-corrected chi connectivity index (χ4v) is 1.98. The van der Waals surface area contributed by atoms with Crippen LogP contribution in [0.1, 0.15) is 11.3 Å². The Morgan fingerprint density at radius 2 is 2.16 bits per heavy atom. The Morgan fingerprint density at radius 1 is 1.42 bits per heavy atom. The first-order chi connectivity index (χ1) is 9.02. The summed E-state index contributed by atoms with van der Waals surface area (Å²) in [5, 5.41) is 23.4. The minimum atomic E-state index is -1.57. The van der Waals surface area contributed by atoms with E-state index in [2.05, 4.69) is 5.10 Å². The van der Waals surface area contributed by atoms with Crippen molar-refractivity contribution in [3.05, 3.63) is 40.7 Å². The van der Waals surface area contributed by atoms with Crippen LogP contribution in [0.15, 0.2) is 24.4 Å². The molecule has 0 spiro atoms. The van der Waals surface area contributed by atoms with Crippen LogP contribution in [0.25, 0.3) is 0 Å². The number of benzene rings is 1. The fourth-order valence-electron chi connectivity index (χ4n) is 1.84. The average Bonchev–Trinajstić information content (AvgIpc) is 2.70. The summed E-state index contributed by atoms with van der Waals surface area (Å²) in [7, 11) is -0.0876. The molecular formula is C12H14BClN2O3. The molecule has 0 unspecified atom stereocenters. The molecule has 5 nitrogen and oxygen atoms in total. The lowest BCUT2D eigenvalue weighted by atomic mass is 9.78. The molecule has 0 radical (unpaired) electrons. The smallest absolute Gasteiger partial charge is 0.492 e. The van der Waals surface area contributed by atoms with Crippen LogP contribution in [0.4, 0.5) is 0 Å². The molecule has 2 N–H and O–H groups in total. The Morgan fingerprint density at radius 3 is 2.68 bits per heavy atom. The Kier molecular flexibility index (Phi) is 4.14. The Balaban J connectivity index is 2.31. The van der Waals surface area contributed by atoms with Crippen LogP contribution < -0.4 is 10.2 Å². The molecule has 0 aliphatic heterocycles. The van der Waals surface area contributed by atoms with E-state index in [1.54, 1.807) is 23.0 Å². The maximum atomic E-state index is 9.32. The van der Waals surface area contributed by atoms with Gasteiger partial charge < -0.3 is 14.8 Å². The van der Waals surface area contributed by atoms with Crippen LogP contribution >= 0.6 is 11.6 Å². The number of methoxy groups -OCH3 is 1. The van der Waals surface area contributed by atoms with Crippen LogP contribution in [0.5, 0.6) is 5.75 Å². The van der Waals surface area contributed by atoms with Gasteiger partial charge in [0.1, 0.15) is 5.75 Å². The minimum absolute atomic E-state index is 0.330. The summed E-state index contributed by atoms with van der Waals surface area (Å²) < 4.78 is 6.82. The maximum absolute atomic E-state index is 9.32. The van der Waals surface area contributed by atoms with Crippen LogP contribution in [-0.2, 0) is 6.54 Å². The van der Waals surface area contributed by atoms with Crippen LogP contribution in [0.3, 0.4) is 0 Å². The molecule has 0 saturated carbocycles. The number of ether oxygens (including phenoxy) is 1. The molecule has 100 valence electrons. The van der Waals surface area contributed by atoms with E-state index in [4.69, 9.17) is 16.3 Å². The molecule has 0 fully saturated rings. The zero-order valence-corrected chi connectivity index (χ0v) is 11.4. The van der Waals surface area contributed by atoms with Gasteiger partial charge in [-0.15, -0.1) is 0 Å². The van der Waals surface area contributed by atoms with Crippen molar-refractivity contribution in [1.82, 2.24) is 9.78 Å². The number of rotatable bonds is 4. The highest BCUT2D eigenvalue weighted by atomic mass is 35.5. The molecule has 7 heteroatoms. The van der Waals surface area contributed by atoms with Crippen LogP contribution in [0, 0.1) is 6.92 Å². The molecule has 0 saturated heterocycles. The van der Waals surface area contributed by atoms with Gasteiger partial charge in [0, 0.05) is 5.46 Å². The molecule has 2 rings (SSSR count). The first kappa shape index (κ1) is 13.9. The predicted octanol–water partition coefficient (Wildman–Crippen LogP) is 0.582. The summed E-state index contributed by atoms with van der Waals surface area (Å²) in [5.41, 5.74) is 2.08. The van der Waals surface area contributed by atoms with Crippen molar-refractivity contribution < 1.29 is 14.8 Å². The molecule has 0 atom stereocenters. The number of aromatic nitrogens is 2. The molecule has 19 heavy (non-hydrogen) atoms. The first-order valence-corrected chi connectivity index (χ1v) is 6.11. The lowest BCUT2D eigenvalue weighted by Crippen LogP contribution is -2.31. The lowest BCUT2D eigenvalue weighted by Gasteiger charge is -2.11. The number of hydrogen-bond donors (Lipinski definition) is 2. The maximum Gasteiger partial charge on any atom is 0.492 e. The lowest BCUT2D eigenvalue weighted by molar-refractivity contribution is 0.403. The van der Waals surface area contributed by atoms with Gasteiger partial charge in [0.25, 0.3) is 0 Å². The third kappa shape index (κ3) is 2.92. The van der Waals surface area contributed by atoms with Crippen LogP contribution in [-0.4, -0.2) is 34.1 Å². The van der Waals surface area contributed by atoms with Gasteiger partial charge in [-0.2, -0.15) is 5.10 Å². The molecule has 0 bridgehead atoms. The van der Waals surface area contributed by atoms with E-state index < -0.39 is 7.12 Å². The van der Waals surface area contributed by atoms with Crippen molar-refractivity contribution >= 4 is 24.2 Å². The van der Waals surface area contributed by atoms with E-state index in [1.165, 1.54) is 7.11 Å². The van der Waals surface area contributed by atoms with E-state index in [0.29, 0.717) is 22.8 Å². The van der Waals surface area contributed by atoms with Gasteiger partial charge in [0.15, 0.2) is 0 Å². The van der Waals surface area contributed by atoms with Gasteiger partial charge >= 0.3 is 7.12 Å². The van der Waals surface area contributed by atoms with Gasteiger partial charge in [0.05, 0.1) is 30.6 Å². The normalized spacial score (nSPS) is 10.6. The third-order valence-electron chi connectivity index (χ3n) is 2.95. The van der Waals surface area contributed by atoms with Crippen LogP contribution in [0.2, 0.25) is 5.02 Å². The van der Waals surface area contributed by atoms with Gasteiger partial charge in [-0.25, -0.2) is 0 Å². The largest absolute Gasteiger partial charge is 0.497 e. The van der Waals surface area contributed by atoms with Crippen molar-refractivity contribution in [2.45, 2.75) is 13.5 Å². The van der Waals surface area contributed by atoms with E-state index in [9.17, 15) is 10.0 Å². The SMILES string of the molecule is COc1ccc(Cn2ncc(Cl)c2C)cc1B(O)O. The average molecular weight is 281 g/mol. The molecule has 1 heterocycles. The van der Waals surface area contributed by atoms with Crippen molar-refractivity contribution in [2.75, 3.05) is 7.11 Å². The number of hydrogen-bond acceptors (Lipinski definition) is 4. The molecule has 2 aromatic rings. The van der Waals surface area contributed by atoms with E-state index in [-0.39, 0.29) is 0 Å². The van der Waals surface area contributed by atoms with E-state index in [0.717, 1.165) is 11.3 Å². The highest BCUT2D eigenvalue weighted by molar-refractivity contribution is 6.59. The van der Waals surface area contributed by atoms with Gasteiger partial charge in [-0.3, -0.25) is 4.68 Å². The fraction of sp³-hybridized carbons (Fsp3) is 0.250. The zero-order chi connectivity index (χ0) is 14.0. The van der Waals surface area contributed by atoms with Crippen molar-refractivity contribution in [3.8, 4) is 5.75 Å². The van der Waals surface area contributed by atoms with E-state index in [1.807, 2.05) is 13.0 Å². The first-order valence-electron chi connectivity index (χ1n) is 5.73. The van der Waals surface area contributed by atoms with Crippen molar-refractivity contribution in [1.29, 1.82) is 0 Å². The van der Waals surface area contributed by atoms with E-state index >= 15 is 0 Å². The minimum Gasteiger partial charge on any atom is -0.497 e. The highest BCUT2D eigenvalue weighted by Crippen LogP contribution is 2.16. The van der Waals surface area contributed by atoms with Gasteiger partial charge in [0.2, 0.25) is 0 Å². The number of halogens is 1. The van der Waals surface area contributed by atoms with Crippen molar-refractivity contribution in [3.63, 3.8) is 0 Å². The van der Waals surface area contributed by atoms with Gasteiger partial charge in [-0.1, -0.05) is 23.7 Å². The van der Waals surface area contributed by atoms with Crippen molar-refractivity contribution in [2.24, 2.45) is 0 Å². The number of nitrogens with zero attached hydrogens (tertiary/aromatic N) is 2. The summed E-state index contributed by atoms with van der Waals surface area (Å²) in [6.45, 7) is 2.38. The Bertz CT molecular complexity index is 586. The molecular weight excluding hydrogens is 266 g/mol. The standard InChI is InChI=1S/C12H14BClN2O3/c1-8-11(14)6-15-16(8)7-9-3-4-12(19-2)10(5-9)13(17)18/h3-6,17-18H,7H2,1-2H3. The summed E-state index contributed by atoms with van der Waals surface area (Å²) in [6.07, 6.45) is 1.59. The Labute approximate surface area is 116 Å².